The van der Waals surface area contributed by atoms with Crippen molar-refractivity contribution in [2.24, 2.45) is 5.41 Å². The zero-order valence-corrected chi connectivity index (χ0v) is 28.8. The Morgan fingerprint density at radius 3 is 2.45 bits per heavy atom. The average Bonchev–Trinajstić information content (AvgIpc) is 3.95. The SMILES string of the molecule is Cc1cccc(C)c1-c1cc2nc(n1)NS(=O)(=O)c1cccc(c1)C(=O)N(Cc1cnc3oc(C4(C)CC4)cc3n1)[C@H](CC1(C)CC1)CO2. The maximum atomic E-state index is 14.5. The number of sulfonamides is 1. The lowest BCUT2D eigenvalue weighted by molar-refractivity contribution is 0.0537. The summed E-state index contributed by atoms with van der Waals surface area (Å²) in [6, 6.07) is 15.3. The van der Waals surface area contributed by atoms with Crippen LogP contribution in [0.1, 0.15) is 78.9 Å². The van der Waals surface area contributed by atoms with Crippen molar-refractivity contribution in [3.05, 3.63) is 88.9 Å². The van der Waals surface area contributed by atoms with Crippen LogP contribution in [0.5, 0.6) is 5.88 Å². The number of hydrogen-bond acceptors (Lipinski definition) is 9. The number of nitrogens with one attached hydrogen (secondary N) is 1. The van der Waals surface area contributed by atoms with Gasteiger partial charge in [-0.2, -0.15) is 4.98 Å². The standard InChI is InChI=1S/C37H38N6O5S/c1-22-7-5-8-23(2)32(22)28-17-31-41-35(40-28)42-49(45,46)27-10-6-9-24(15-27)34(44)43(26(21-47-31)18-36(3)11-12-36)20-25-19-38-33-29(39-25)16-30(48-33)37(4)13-14-37/h5-10,15-17,19,26H,11-14,18,20-21H2,1-4H3,(H,40,41,42)/t26-/m1/s1. The number of aryl methyl sites for hydroxylation is 2. The molecule has 49 heavy (non-hydrogen) atoms. The topological polar surface area (TPSA) is 140 Å². The van der Waals surface area contributed by atoms with E-state index in [4.69, 9.17) is 14.1 Å². The molecule has 1 amide bonds. The van der Waals surface area contributed by atoms with Crippen molar-refractivity contribution in [2.45, 2.75) is 82.7 Å². The maximum Gasteiger partial charge on any atom is 0.264 e. The summed E-state index contributed by atoms with van der Waals surface area (Å²) < 4.78 is 42.4. The molecule has 1 atom stereocenters. The van der Waals surface area contributed by atoms with Crippen LogP contribution in [0.15, 0.2) is 70.1 Å². The second-order valence-corrected chi connectivity index (χ2v) is 16.1. The fourth-order valence-electron chi connectivity index (χ4n) is 6.67. The van der Waals surface area contributed by atoms with E-state index in [0.717, 1.165) is 48.1 Å². The molecule has 1 aliphatic heterocycles. The van der Waals surface area contributed by atoms with E-state index in [1.807, 2.05) is 38.1 Å². The molecule has 2 aromatic carbocycles. The van der Waals surface area contributed by atoms with Crippen molar-refractivity contribution >= 4 is 33.1 Å². The number of anilines is 1. The molecule has 4 heterocycles. The third-order valence-corrected chi connectivity index (χ3v) is 11.6. The number of hydrogen-bond donors (Lipinski definition) is 1. The summed E-state index contributed by atoms with van der Waals surface area (Å²) in [6.07, 6.45) is 6.54. The van der Waals surface area contributed by atoms with E-state index in [1.54, 1.807) is 29.3 Å². The molecule has 2 aliphatic carbocycles. The summed E-state index contributed by atoms with van der Waals surface area (Å²) in [6.45, 7) is 8.61. The van der Waals surface area contributed by atoms with Crippen molar-refractivity contribution in [3.63, 3.8) is 0 Å². The van der Waals surface area contributed by atoms with E-state index < -0.39 is 10.0 Å². The Hall–Kier alpha value is -4.84. The largest absolute Gasteiger partial charge is 0.475 e. The number of ether oxygens (including phenoxy) is 1. The third kappa shape index (κ3) is 6.14. The van der Waals surface area contributed by atoms with E-state index in [-0.39, 0.29) is 58.2 Å². The van der Waals surface area contributed by atoms with Crippen LogP contribution >= 0.6 is 0 Å². The first-order valence-electron chi connectivity index (χ1n) is 16.7. The summed E-state index contributed by atoms with van der Waals surface area (Å²) in [5.41, 5.74) is 5.37. The van der Waals surface area contributed by atoms with Crippen LogP contribution in [0.3, 0.4) is 0 Å². The number of rotatable bonds is 6. The van der Waals surface area contributed by atoms with Gasteiger partial charge in [0.25, 0.3) is 15.9 Å². The van der Waals surface area contributed by atoms with Crippen LogP contribution in [0.25, 0.3) is 22.5 Å². The quantitative estimate of drug-likeness (QED) is 0.207. The second-order valence-electron chi connectivity index (χ2n) is 14.5. The average molecular weight is 679 g/mol. The normalized spacial score (nSPS) is 20.4. The Balaban J connectivity index is 1.23. The minimum Gasteiger partial charge on any atom is -0.475 e. The highest BCUT2D eigenvalue weighted by atomic mass is 32.2. The first-order chi connectivity index (χ1) is 23.4. The highest BCUT2D eigenvalue weighted by Crippen LogP contribution is 2.50. The summed E-state index contributed by atoms with van der Waals surface area (Å²) in [4.78, 5) is 34.7. The molecule has 252 valence electrons. The highest BCUT2D eigenvalue weighted by molar-refractivity contribution is 7.92. The van der Waals surface area contributed by atoms with E-state index in [1.165, 1.54) is 12.1 Å². The van der Waals surface area contributed by atoms with Crippen LogP contribution in [-0.4, -0.2) is 51.8 Å². The van der Waals surface area contributed by atoms with Crippen LogP contribution < -0.4 is 9.46 Å². The fraction of sp³-hybridized carbons (Fsp3) is 0.378. The van der Waals surface area contributed by atoms with Crippen molar-refractivity contribution < 1.29 is 22.4 Å². The molecule has 11 nitrogen and oxygen atoms in total. The number of amides is 1. The number of benzene rings is 2. The number of carbonyl (C=O) groups is 1. The van der Waals surface area contributed by atoms with Gasteiger partial charge in [-0.25, -0.2) is 28.1 Å². The first-order valence-corrected chi connectivity index (χ1v) is 18.1. The van der Waals surface area contributed by atoms with E-state index in [2.05, 4.69) is 33.5 Å². The molecule has 12 heteroatoms. The Bertz CT molecular complexity index is 2220. The van der Waals surface area contributed by atoms with Gasteiger partial charge in [0.2, 0.25) is 17.5 Å². The van der Waals surface area contributed by atoms with Gasteiger partial charge >= 0.3 is 0 Å². The van der Waals surface area contributed by atoms with Crippen LogP contribution in [-0.2, 0) is 22.0 Å². The molecule has 3 aliphatic rings. The fourth-order valence-corrected chi connectivity index (χ4v) is 7.66. The van der Waals surface area contributed by atoms with E-state index in [9.17, 15) is 13.2 Å². The number of aromatic nitrogens is 4. The van der Waals surface area contributed by atoms with Gasteiger partial charge in [-0.05, 0) is 80.7 Å². The van der Waals surface area contributed by atoms with Crippen molar-refractivity contribution in [2.75, 3.05) is 11.3 Å². The maximum absolute atomic E-state index is 14.5. The summed E-state index contributed by atoms with van der Waals surface area (Å²) in [5.74, 6) is 0.637. The lowest BCUT2D eigenvalue weighted by Gasteiger charge is -2.33. The van der Waals surface area contributed by atoms with Gasteiger partial charge in [0, 0.05) is 28.7 Å². The number of nitrogens with zero attached hydrogens (tertiary/aromatic N) is 5. The number of fused-ring (bicyclic) bond motifs is 5. The van der Waals surface area contributed by atoms with E-state index in [0.29, 0.717) is 29.0 Å². The molecule has 4 bridgehead atoms. The minimum atomic E-state index is -4.17. The predicted octanol–water partition coefficient (Wildman–Crippen LogP) is 6.74. The van der Waals surface area contributed by atoms with Gasteiger partial charge < -0.3 is 14.1 Å². The molecule has 1 N–H and O–H groups in total. The molecule has 2 fully saturated rings. The molecular formula is C37H38N6O5S. The summed E-state index contributed by atoms with van der Waals surface area (Å²) in [5, 5.41) is 0. The lowest BCUT2D eigenvalue weighted by Crippen LogP contribution is -2.44. The Kier molecular flexibility index (Phi) is 7.29. The van der Waals surface area contributed by atoms with E-state index >= 15 is 0 Å². The van der Waals surface area contributed by atoms with Gasteiger partial charge in [0.15, 0.2) is 0 Å². The minimum absolute atomic E-state index is 0.0230. The van der Waals surface area contributed by atoms with Crippen molar-refractivity contribution in [1.29, 1.82) is 0 Å². The molecule has 5 aromatic rings. The van der Waals surface area contributed by atoms with Gasteiger partial charge in [-0.1, -0.05) is 38.1 Å². The van der Waals surface area contributed by atoms with Gasteiger partial charge in [-0.15, -0.1) is 0 Å². The summed E-state index contributed by atoms with van der Waals surface area (Å²) in [7, 11) is -4.17. The third-order valence-electron chi connectivity index (χ3n) is 10.2. The van der Waals surface area contributed by atoms with Gasteiger partial charge in [0.05, 0.1) is 35.1 Å². The zero-order valence-electron chi connectivity index (χ0n) is 28.0. The van der Waals surface area contributed by atoms with Gasteiger partial charge in [-0.3, -0.25) is 4.79 Å². The molecular weight excluding hydrogens is 641 g/mol. The van der Waals surface area contributed by atoms with Crippen molar-refractivity contribution in [3.8, 4) is 17.1 Å². The molecule has 0 unspecified atom stereocenters. The smallest absolute Gasteiger partial charge is 0.264 e. The first kappa shape index (κ1) is 31.4. The summed E-state index contributed by atoms with van der Waals surface area (Å²) >= 11 is 0. The van der Waals surface area contributed by atoms with Crippen LogP contribution in [0.4, 0.5) is 5.95 Å². The van der Waals surface area contributed by atoms with Gasteiger partial charge in [0.1, 0.15) is 17.9 Å². The number of furan rings is 1. The molecule has 0 saturated heterocycles. The molecule has 8 rings (SSSR count). The predicted molar refractivity (Wildman–Crippen MR) is 184 cm³/mol. The second kappa shape index (κ2) is 11.4. The van der Waals surface area contributed by atoms with Crippen LogP contribution in [0.2, 0.25) is 0 Å². The Morgan fingerprint density at radius 1 is 0.959 bits per heavy atom. The molecule has 3 aromatic heterocycles. The lowest BCUT2D eigenvalue weighted by atomic mass is 9.97. The molecule has 0 spiro atoms. The Morgan fingerprint density at radius 2 is 1.71 bits per heavy atom. The van der Waals surface area contributed by atoms with Crippen molar-refractivity contribution in [1.82, 2.24) is 24.8 Å². The van der Waals surface area contributed by atoms with Crippen LogP contribution in [0, 0.1) is 19.3 Å². The molecule has 2 saturated carbocycles. The molecule has 0 radical (unpaired) electrons. The number of carbonyl (C=O) groups excluding carboxylic acids is 1. The highest BCUT2D eigenvalue weighted by Gasteiger charge is 2.43. The monoisotopic (exact) mass is 678 g/mol. The Labute approximate surface area is 285 Å². The zero-order chi connectivity index (χ0) is 34.1.